The van der Waals surface area contributed by atoms with Crippen LogP contribution < -0.4 is 21.9 Å². The molecule has 0 aliphatic heterocycles. The van der Waals surface area contributed by atoms with Crippen LogP contribution in [0.3, 0.4) is 0 Å². The monoisotopic (exact) mass is 635 g/mol. The molecule has 2 heterocycles. The zero-order valence-corrected chi connectivity index (χ0v) is 25.6. The quantitative estimate of drug-likeness (QED) is 0.0732. The van der Waals surface area contributed by atoms with Gasteiger partial charge in [-0.1, -0.05) is 21.6 Å². The van der Waals surface area contributed by atoms with Crippen molar-refractivity contribution in [2.24, 2.45) is 0 Å². The molecule has 16 heteroatoms. The molecule has 0 bridgehead atoms. The van der Waals surface area contributed by atoms with Crippen LogP contribution in [0.4, 0.5) is 11.6 Å². The molecule has 1 aromatic carbocycles. The number of anilines is 2. The standard InChI is InChI=1S/C26H34N7O6PS2/c27-26-32-22-21(24(36)33-26)30-18(14-29-22)13-28-17-6-4-16(5-7-17)23(35)31-20(25(37)38)9-8-19(34)3-1-11-41-42-12-2-10-39-15-40/h4-7,14,20,28H,1-3,8-13,15,40H2,(H,31,35)(H,37,38)(H3,27,29,32,33,36). The number of hydrogen-bond acceptors (Lipinski definition) is 12. The number of nitrogen functional groups attached to an aromatic ring is 1. The van der Waals surface area contributed by atoms with E-state index in [1.165, 1.54) is 6.20 Å². The van der Waals surface area contributed by atoms with Crippen molar-refractivity contribution in [2.75, 3.05) is 35.5 Å². The zero-order valence-electron chi connectivity index (χ0n) is 22.8. The van der Waals surface area contributed by atoms with Crippen LogP contribution >= 0.6 is 30.8 Å². The molecule has 13 nitrogen and oxygen atoms in total. The van der Waals surface area contributed by atoms with Gasteiger partial charge in [0, 0.05) is 42.2 Å². The van der Waals surface area contributed by atoms with Crippen LogP contribution in [0.5, 0.6) is 0 Å². The van der Waals surface area contributed by atoms with E-state index in [2.05, 4.69) is 39.8 Å². The molecule has 6 N–H and O–H groups in total. The van der Waals surface area contributed by atoms with E-state index >= 15 is 0 Å². The highest BCUT2D eigenvalue weighted by Gasteiger charge is 2.21. The number of carbonyl (C=O) groups excluding carboxylic acids is 2. The van der Waals surface area contributed by atoms with Gasteiger partial charge in [-0.15, -0.1) is 9.24 Å². The zero-order chi connectivity index (χ0) is 30.3. The fourth-order valence-corrected chi connectivity index (χ4v) is 5.98. The summed E-state index contributed by atoms with van der Waals surface area (Å²) in [6.07, 6.45) is 4.31. The lowest BCUT2D eigenvalue weighted by atomic mass is 10.1. The van der Waals surface area contributed by atoms with Crippen LogP contribution in [0.2, 0.25) is 0 Å². The number of Topliss-reactive ketones (excluding diaryl/α,β-unsaturated/α-hetero) is 1. The summed E-state index contributed by atoms with van der Waals surface area (Å²) in [6, 6.07) is 5.25. The maximum absolute atomic E-state index is 12.7. The highest BCUT2D eigenvalue weighted by Crippen LogP contribution is 2.23. The number of aliphatic carboxylic acids is 1. The lowest BCUT2D eigenvalue weighted by Gasteiger charge is -2.14. The van der Waals surface area contributed by atoms with Crippen LogP contribution in [0, 0.1) is 0 Å². The third-order valence-corrected chi connectivity index (χ3v) is 8.64. The van der Waals surface area contributed by atoms with Gasteiger partial charge in [-0.2, -0.15) is 4.98 Å². The van der Waals surface area contributed by atoms with E-state index in [1.807, 2.05) is 0 Å². The Balaban J connectivity index is 1.40. The highest BCUT2D eigenvalue weighted by molar-refractivity contribution is 8.76. The summed E-state index contributed by atoms with van der Waals surface area (Å²) in [4.78, 5) is 63.3. The highest BCUT2D eigenvalue weighted by atomic mass is 33.1. The number of carboxylic acid groups (broad SMARTS) is 1. The van der Waals surface area contributed by atoms with Crippen molar-refractivity contribution in [3.8, 4) is 0 Å². The lowest BCUT2D eigenvalue weighted by Crippen LogP contribution is -2.41. The van der Waals surface area contributed by atoms with Gasteiger partial charge in [0.15, 0.2) is 11.2 Å². The van der Waals surface area contributed by atoms with E-state index in [4.69, 9.17) is 10.5 Å². The lowest BCUT2D eigenvalue weighted by molar-refractivity contribution is -0.139. The van der Waals surface area contributed by atoms with Crippen LogP contribution in [-0.2, 0) is 20.9 Å². The van der Waals surface area contributed by atoms with Gasteiger partial charge in [-0.3, -0.25) is 19.4 Å². The van der Waals surface area contributed by atoms with Gasteiger partial charge < -0.3 is 26.2 Å². The number of nitrogens with two attached hydrogens (primary N) is 1. The molecule has 0 fully saturated rings. The molecule has 42 heavy (non-hydrogen) atoms. The first-order valence-electron chi connectivity index (χ1n) is 13.2. The topological polar surface area (TPSA) is 202 Å². The van der Waals surface area contributed by atoms with E-state index in [0.29, 0.717) is 24.2 Å². The first-order valence-corrected chi connectivity index (χ1v) is 16.5. The normalized spacial score (nSPS) is 11.7. The molecule has 3 rings (SSSR count). The Morgan fingerprint density at radius 1 is 1.10 bits per heavy atom. The van der Waals surface area contributed by atoms with Gasteiger partial charge in [0.05, 0.1) is 24.8 Å². The molecule has 226 valence electrons. The van der Waals surface area contributed by atoms with E-state index in [9.17, 15) is 24.3 Å². The number of ether oxygens (including phenoxy) is 1. The molecule has 2 aromatic heterocycles. The van der Waals surface area contributed by atoms with Crippen LogP contribution in [0.1, 0.15) is 48.2 Å². The number of rotatable bonds is 19. The number of nitrogens with zero attached hydrogens (tertiary/aromatic N) is 3. The van der Waals surface area contributed by atoms with Gasteiger partial charge in [0.2, 0.25) is 5.95 Å². The Morgan fingerprint density at radius 3 is 2.55 bits per heavy atom. The van der Waals surface area contributed by atoms with Crippen molar-refractivity contribution >= 4 is 71.3 Å². The number of carbonyl (C=O) groups is 3. The molecule has 0 saturated heterocycles. The third kappa shape index (κ3) is 11.2. The number of aromatic amines is 1. The molecule has 1 amide bonds. The third-order valence-electron chi connectivity index (χ3n) is 5.82. The predicted octanol–water partition coefficient (Wildman–Crippen LogP) is 2.84. The summed E-state index contributed by atoms with van der Waals surface area (Å²) >= 11 is 0. The number of nitrogens with one attached hydrogen (secondary N) is 3. The van der Waals surface area contributed by atoms with Gasteiger partial charge >= 0.3 is 5.97 Å². The molecule has 0 aliphatic rings. The second kappa shape index (κ2) is 17.6. The van der Waals surface area contributed by atoms with Gasteiger partial charge in [-0.05, 0) is 43.5 Å². The van der Waals surface area contributed by atoms with Crippen molar-refractivity contribution in [3.63, 3.8) is 0 Å². The Morgan fingerprint density at radius 2 is 1.83 bits per heavy atom. The van der Waals surface area contributed by atoms with Crippen molar-refractivity contribution < 1.29 is 24.2 Å². The molecular weight excluding hydrogens is 601 g/mol. The summed E-state index contributed by atoms with van der Waals surface area (Å²) < 4.78 is 5.26. The van der Waals surface area contributed by atoms with Gasteiger partial charge in [0.1, 0.15) is 11.8 Å². The minimum absolute atomic E-state index is 0.0218. The average Bonchev–Trinajstić information content (AvgIpc) is 2.97. The SMILES string of the molecule is Nc1nc2ncc(CNc3ccc(C(=O)NC(CCC(=O)CCCSSCCCOCP)C(=O)O)cc3)nc2c(=O)[nH]1. The number of fused-ring (bicyclic) bond motifs is 1. The van der Waals surface area contributed by atoms with Gasteiger partial charge in [-0.25, -0.2) is 14.8 Å². The molecule has 3 aromatic rings. The van der Waals surface area contributed by atoms with Crippen LogP contribution in [-0.4, -0.2) is 73.2 Å². The number of H-pyrrole nitrogens is 1. The predicted molar refractivity (Wildman–Crippen MR) is 169 cm³/mol. The van der Waals surface area contributed by atoms with E-state index in [1.54, 1.807) is 45.9 Å². The molecular formula is C26H34N7O6PS2. The minimum Gasteiger partial charge on any atom is -0.480 e. The number of hydrogen-bond donors (Lipinski definition) is 5. The Hall–Kier alpha value is -3.26. The Labute approximate surface area is 252 Å². The van der Waals surface area contributed by atoms with Crippen molar-refractivity contribution in [1.82, 2.24) is 25.3 Å². The number of amides is 1. The second-order valence-electron chi connectivity index (χ2n) is 9.03. The maximum Gasteiger partial charge on any atom is 0.326 e. The molecule has 2 atom stereocenters. The number of aromatic nitrogens is 4. The summed E-state index contributed by atoms with van der Waals surface area (Å²) in [5.74, 6) is 0.0180. The summed E-state index contributed by atoms with van der Waals surface area (Å²) in [6.45, 7) is 0.987. The average molecular weight is 636 g/mol. The maximum atomic E-state index is 12.7. The van der Waals surface area contributed by atoms with E-state index in [-0.39, 0.29) is 47.8 Å². The fraction of sp³-hybridized carbons (Fsp3) is 0.423. The van der Waals surface area contributed by atoms with Gasteiger partial charge in [0.25, 0.3) is 11.5 Å². The molecule has 0 radical (unpaired) electrons. The number of carboxylic acids is 1. The second-order valence-corrected chi connectivity index (χ2v) is 12.1. The summed E-state index contributed by atoms with van der Waals surface area (Å²) in [5.41, 5.74) is 6.68. The van der Waals surface area contributed by atoms with Crippen LogP contribution in [0.15, 0.2) is 35.3 Å². The Kier molecular flexibility index (Phi) is 14.0. The summed E-state index contributed by atoms with van der Waals surface area (Å²) in [7, 11) is 5.99. The smallest absolute Gasteiger partial charge is 0.326 e. The van der Waals surface area contributed by atoms with Crippen molar-refractivity contribution in [3.05, 3.63) is 52.1 Å². The molecule has 0 spiro atoms. The molecule has 2 unspecified atom stereocenters. The number of ketones is 1. The van der Waals surface area contributed by atoms with Crippen molar-refractivity contribution in [2.45, 2.75) is 44.7 Å². The minimum atomic E-state index is -1.19. The Bertz CT molecular complexity index is 1410. The van der Waals surface area contributed by atoms with E-state index < -0.39 is 23.5 Å². The molecule has 0 saturated carbocycles. The van der Waals surface area contributed by atoms with E-state index in [0.717, 1.165) is 31.0 Å². The summed E-state index contributed by atoms with van der Waals surface area (Å²) in [5, 5.41) is 15.2. The fourth-order valence-electron chi connectivity index (χ4n) is 3.67. The number of benzene rings is 1. The van der Waals surface area contributed by atoms with Crippen molar-refractivity contribution in [1.29, 1.82) is 0 Å². The first kappa shape index (κ1) is 33.2. The van der Waals surface area contributed by atoms with Crippen LogP contribution in [0.25, 0.3) is 11.2 Å². The molecule has 0 aliphatic carbocycles. The largest absolute Gasteiger partial charge is 0.480 e. The first-order chi connectivity index (χ1) is 20.3.